The maximum atomic E-state index is 2.31. The molecule has 0 radical (unpaired) electrons. The topological polar surface area (TPSA) is 0 Å². The predicted molar refractivity (Wildman–Crippen MR) is 64.0 cm³/mol. The van der Waals surface area contributed by atoms with Gasteiger partial charge in [-0.2, -0.15) is 0 Å². The van der Waals surface area contributed by atoms with Gasteiger partial charge in [0.1, 0.15) is 0 Å². The van der Waals surface area contributed by atoms with Crippen molar-refractivity contribution in [3.63, 3.8) is 0 Å². The first kappa shape index (κ1) is 8.72. The van der Waals surface area contributed by atoms with Gasteiger partial charge in [-0.3, -0.25) is 0 Å². The number of benzene rings is 2. The van der Waals surface area contributed by atoms with Gasteiger partial charge in [-0.15, -0.1) is 0 Å². The third kappa shape index (κ3) is 1.08. The fourth-order valence-corrected chi connectivity index (χ4v) is 2.51. The van der Waals surface area contributed by atoms with Crippen molar-refractivity contribution in [3.8, 4) is 11.1 Å². The first-order valence-electron chi connectivity index (χ1n) is 5.40. The first-order chi connectivity index (χ1) is 7.19. The summed E-state index contributed by atoms with van der Waals surface area (Å²) in [5.74, 6) is 0. The second kappa shape index (κ2) is 2.73. The Morgan fingerprint density at radius 1 is 0.867 bits per heavy atom. The summed E-state index contributed by atoms with van der Waals surface area (Å²) in [5, 5.41) is 0. The summed E-state index contributed by atoms with van der Waals surface area (Å²) in [6.07, 6.45) is 0. The molecule has 0 N–H and O–H groups in total. The lowest BCUT2D eigenvalue weighted by Crippen LogP contribution is -2.22. The van der Waals surface area contributed by atoms with Crippen molar-refractivity contribution in [1.29, 1.82) is 0 Å². The van der Waals surface area contributed by atoms with Crippen LogP contribution in [0.4, 0.5) is 0 Å². The van der Waals surface area contributed by atoms with Crippen molar-refractivity contribution < 1.29 is 0 Å². The number of fused-ring (bicyclic) bond motifs is 4. The van der Waals surface area contributed by atoms with Gasteiger partial charge in [0.2, 0.25) is 0 Å². The smallest absolute Gasteiger partial charge is 0.0152 e. The minimum absolute atomic E-state index is 0.144. The van der Waals surface area contributed by atoms with Crippen LogP contribution in [0.15, 0.2) is 48.5 Å². The van der Waals surface area contributed by atoms with E-state index in [1.54, 1.807) is 0 Å². The highest BCUT2D eigenvalue weighted by Crippen LogP contribution is 2.42. The third-order valence-corrected chi connectivity index (χ3v) is 3.50. The van der Waals surface area contributed by atoms with Crippen LogP contribution in [0.1, 0.15) is 25.0 Å². The zero-order chi connectivity index (χ0) is 10.5. The van der Waals surface area contributed by atoms with Gasteiger partial charge < -0.3 is 0 Å². The predicted octanol–water partition coefficient (Wildman–Crippen LogP) is 3.99. The fourth-order valence-electron chi connectivity index (χ4n) is 2.51. The Morgan fingerprint density at radius 2 is 1.67 bits per heavy atom. The Kier molecular flexibility index (Phi) is 1.59. The van der Waals surface area contributed by atoms with Crippen LogP contribution in [0.3, 0.4) is 0 Å². The summed E-state index contributed by atoms with van der Waals surface area (Å²) < 4.78 is 0. The maximum absolute atomic E-state index is 2.31. The quantitative estimate of drug-likeness (QED) is 0.594. The molecule has 2 aromatic rings. The summed E-state index contributed by atoms with van der Waals surface area (Å²) >= 11 is 0. The molecule has 2 bridgehead atoms. The van der Waals surface area contributed by atoms with Crippen molar-refractivity contribution in [2.45, 2.75) is 19.3 Å². The molecule has 0 saturated carbocycles. The molecular weight excluding hydrogens is 180 g/mol. The highest BCUT2D eigenvalue weighted by atomic mass is 14.3. The van der Waals surface area contributed by atoms with Gasteiger partial charge >= 0.3 is 0 Å². The molecule has 2 aromatic carbocycles. The summed E-state index contributed by atoms with van der Waals surface area (Å²) in [4.78, 5) is 0. The average Bonchev–Trinajstić information content (AvgIpc) is 2.28. The van der Waals surface area contributed by atoms with Crippen LogP contribution >= 0.6 is 0 Å². The van der Waals surface area contributed by atoms with Gasteiger partial charge in [0, 0.05) is 5.41 Å². The fraction of sp³-hybridized carbons (Fsp3) is 0.200. The molecule has 0 saturated heterocycles. The van der Waals surface area contributed by atoms with Crippen LogP contribution in [-0.2, 0) is 5.41 Å². The lowest BCUT2D eigenvalue weighted by molar-refractivity contribution is 0.637. The van der Waals surface area contributed by atoms with E-state index in [0.29, 0.717) is 0 Å². The molecule has 1 aliphatic rings. The van der Waals surface area contributed by atoms with Crippen molar-refractivity contribution in [2.24, 2.45) is 0 Å². The van der Waals surface area contributed by atoms with Gasteiger partial charge in [0.05, 0.1) is 0 Å². The number of hydrogen-bond acceptors (Lipinski definition) is 0. The first-order valence-corrected chi connectivity index (χ1v) is 5.40. The van der Waals surface area contributed by atoms with E-state index in [1.807, 2.05) is 0 Å². The number of rotatable bonds is 0. The third-order valence-electron chi connectivity index (χ3n) is 3.50. The van der Waals surface area contributed by atoms with E-state index >= 15 is 0 Å². The van der Waals surface area contributed by atoms with Crippen molar-refractivity contribution in [3.05, 3.63) is 59.7 Å². The lowest BCUT2D eigenvalue weighted by atomic mass is 9.71. The second-order valence-corrected chi connectivity index (χ2v) is 4.75. The van der Waals surface area contributed by atoms with E-state index in [-0.39, 0.29) is 5.41 Å². The molecule has 15 heavy (non-hydrogen) atoms. The molecule has 0 nitrogen and oxygen atoms in total. The Hall–Kier alpha value is -1.56. The van der Waals surface area contributed by atoms with Crippen LogP contribution in [-0.4, -0.2) is 0 Å². The summed E-state index contributed by atoms with van der Waals surface area (Å²) in [7, 11) is 0. The highest BCUT2D eigenvalue weighted by molar-refractivity contribution is 5.74. The highest BCUT2D eigenvalue weighted by Gasteiger charge is 2.29. The van der Waals surface area contributed by atoms with Gasteiger partial charge in [0.25, 0.3) is 0 Å². The van der Waals surface area contributed by atoms with E-state index in [9.17, 15) is 0 Å². The zero-order valence-corrected chi connectivity index (χ0v) is 9.12. The van der Waals surface area contributed by atoms with Crippen LogP contribution in [0, 0.1) is 0 Å². The Bertz CT molecular complexity index is 521. The van der Waals surface area contributed by atoms with Gasteiger partial charge in [-0.25, -0.2) is 0 Å². The minimum atomic E-state index is 0.144. The molecule has 74 valence electrons. The summed E-state index contributed by atoms with van der Waals surface area (Å²) in [6, 6.07) is 17.6. The van der Waals surface area contributed by atoms with Gasteiger partial charge in [0.15, 0.2) is 0 Å². The van der Waals surface area contributed by atoms with E-state index in [1.165, 1.54) is 22.3 Å². The molecule has 3 rings (SSSR count). The molecule has 1 aliphatic carbocycles. The summed E-state index contributed by atoms with van der Waals surface area (Å²) in [6.45, 7) is 4.59. The average molecular weight is 194 g/mol. The second-order valence-electron chi connectivity index (χ2n) is 4.75. The lowest BCUT2D eigenvalue weighted by Gasteiger charge is -2.33. The SMILES string of the molecule is CC1(C)c2cccc(c2)-c2ccccc21. The van der Waals surface area contributed by atoms with Crippen molar-refractivity contribution in [1.82, 2.24) is 0 Å². The Morgan fingerprint density at radius 3 is 2.53 bits per heavy atom. The zero-order valence-electron chi connectivity index (χ0n) is 9.12. The monoisotopic (exact) mass is 194 g/mol. The van der Waals surface area contributed by atoms with Crippen LogP contribution in [0.25, 0.3) is 11.1 Å². The maximum Gasteiger partial charge on any atom is 0.0152 e. The standard InChI is InChI=1S/C15H14/c1-15(2)12-7-5-6-11(10-12)13-8-3-4-9-14(13)15/h3-10H,1-2H3. The van der Waals surface area contributed by atoms with E-state index < -0.39 is 0 Å². The molecule has 0 spiro atoms. The van der Waals surface area contributed by atoms with Crippen LogP contribution in [0.2, 0.25) is 0 Å². The normalized spacial score (nSPS) is 15.9. The number of hydrogen-bond donors (Lipinski definition) is 0. The molecule has 0 aromatic heterocycles. The minimum Gasteiger partial charge on any atom is -0.0619 e. The van der Waals surface area contributed by atoms with E-state index in [4.69, 9.17) is 0 Å². The molecule has 0 unspecified atom stereocenters. The Balaban J connectivity index is 2.43. The molecule has 0 amide bonds. The van der Waals surface area contributed by atoms with Crippen molar-refractivity contribution >= 4 is 0 Å². The molecule has 0 atom stereocenters. The van der Waals surface area contributed by atoms with Crippen LogP contribution < -0.4 is 0 Å². The molecule has 0 fully saturated rings. The van der Waals surface area contributed by atoms with Crippen molar-refractivity contribution in [2.75, 3.05) is 0 Å². The van der Waals surface area contributed by atoms with Gasteiger partial charge in [-0.1, -0.05) is 62.4 Å². The van der Waals surface area contributed by atoms with Gasteiger partial charge in [-0.05, 0) is 22.3 Å². The van der Waals surface area contributed by atoms with E-state index in [2.05, 4.69) is 62.4 Å². The summed E-state index contributed by atoms with van der Waals surface area (Å²) in [5.41, 5.74) is 5.74. The molecular formula is C15H14. The molecule has 0 heteroatoms. The molecule has 0 aliphatic heterocycles. The molecule has 0 heterocycles. The van der Waals surface area contributed by atoms with E-state index in [0.717, 1.165) is 0 Å². The largest absolute Gasteiger partial charge is 0.0619 e. The Labute approximate surface area is 90.6 Å². The van der Waals surface area contributed by atoms with Crippen LogP contribution in [0.5, 0.6) is 0 Å².